The summed E-state index contributed by atoms with van der Waals surface area (Å²) in [6, 6.07) is 0. The Kier molecular flexibility index (Phi) is 6.97. The molecule has 0 aromatic carbocycles. The second kappa shape index (κ2) is 7.03. The SMILES string of the molecule is CCCCC=C[SiH2]N(C)C. The number of nitrogens with zero attached hydrogens (tertiary/aromatic N) is 1. The zero-order valence-electron chi connectivity index (χ0n) is 7.43. The van der Waals surface area contributed by atoms with Gasteiger partial charge in [0.05, 0.1) is 0 Å². The van der Waals surface area contributed by atoms with E-state index in [1.165, 1.54) is 19.3 Å². The Balaban J connectivity index is 3.04. The van der Waals surface area contributed by atoms with Gasteiger partial charge in [0.2, 0.25) is 0 Å². The number of unbranched alkanes of at least 4 members (excludes halogenated alkanes) is 2. The first-order valence-corrected chi connectivity index (χ1v) is 5.52. The highest BCUT2D eigenvalue weighted by molar-refractivity contribution is 6.38. The van der Waals surface area contributed by atoms with Gasteiger partial charge in [0.15, 0.2) is 0 Å². The highest BCUT2D eigenvalue weighted by Crippen LogP contribution is 1.93. The van der Waals surface area contributed by atoms with Gasteiger partial charge in [-0.2, -0.15) is 0 Å². The molecule has 0 unspecified atom stereocenters. The lowest BCUT2D eigenvalue weighted by atomic mass is 10.2. The first-order valence-electron chi connectivity index (χ1n) is 4.07. The van der Waals surface area contributed by atoms with E-state index in [0.717, 1.165) is 0 Å². The molecular formula is C8H19NSi. The van der Waals surface area contributed by atoms with Gasteiger partial charge in [-0.15, -0.1) is 0 Å². The van der Waals surface area contributed by atoms with Crippen LogP contribution in [0.15, 0.2) is 11.8 Å². The molecule has 0 bridgehead atoms. The lowest BCUT2D eigenvalue weighted by molar-refractivity contribution is 0.668. The van der Waals surface area contributed by atoms with Gasteiger partial charge in [0.1, 0.15) is 9.68 Å². The Morgan fingerprint density at radius 3 is 2.60 bits per heavy atom. The molecule has 0 aliphatic rings. The Bertz CT molecular complexity index is 89.3. The maximum atomic E-state index is 2.37. The van der Waals surface area contributed by atoms with Gasteiger partial charge in [-0.1, -0.05) is 31.5 Å². The Labute approximate surface area is 67.0 Å². The Morgan fingerprint density at radius 2 is 2.10 bits per heavy atom. The third kappa shape index (κ3) is 7.92. The topological polar surface area (TPSA) is 3.24 Å². The van der Waals surface area contributed by atoms with E-state index in [1.807, 2.05) is 0 Å². The first kappa shape index (κ1) is 9.92. The molecule has 0 saturated carbocycles. The molecule has 60 valence electrons. The largest absolute Gasteiger partial charge is 0.331 e. The predicted molar refractivity (Wildman–Crippen MR) is 50.9 cm³/mol. The van der Waals surface area contributed by atoms with Crippen molar-refractivity contribution in [1.82, 2.24) is 4.57 Å². The van der Waals surface area contributed by atoms with Crippen molar-refractivity contribution in [2.45, 2.75) is 26.2 Å². The van der Waals surface area contributed by atoms with Crippen molar-refractivity contribution in [3.8, 4) is 0 Å². The van der Waals surface area contributed by atoms with Crippen LogP contribution in [0.3, 0.4) is 0 Å². The average molecular weight is 157 g/mol. The molecule has 0 radical (unpaired) electrons. The third-order valence-electron chi connectivity index (χ3n) is 1.36. The second-order valence-electron chi connectivity index (χ2n) is 2.88. The van der Waals surface area contributed by atoms with E-state index < -0.39 is 0 Å². The van der Waals surface area contributed by atoms with Crippen molar-refractivity contribution in [2.75, 3.05) is 14.1 Å². The number of allylic oxidation sites excluding steroid dienone is 1. The molecule has 0 aromatic heterocycles. The van der Waals surface area contributed by atoms with Crippen molar-refractivity contribution in [3.05, 3.63) is 11.8 Å². The molecule has 0 rings (SSSR count). The van der Waals surface area contributed by atoms with E-state index >= 15 is 0 Å². The van der Waals surface area contributed by atoms with E-state index in [-0.39, 0.29) is 9.68 Å². The highest BCUT2D eigenvalue weighted by atomic mass is 28.2. The Hall–Kier alpha value is -0.0831. The summed E-state index contributed by atoms with van der Waals surface area (Å²) in [5, 5.41) is 0. The van der Waals surface area contributed by atoms with Gasteiger partial charge in [-0.05, 0) is 20.5 Å². The summed E-state index contributed by atoms with van der Waals surface area (Å²) in [5.41, 5.74) is 2.37. The highest BCUT2D eigenvalue weighted by Gasteiger charge is 1.82. The minimum Gasteiger partial charge on any atom is -0.331 e. The van der Waals surface area contributed by atoms with E-state index in [9.17, 15) is 0 Å². The van der Waals surface area contributed by atoms with Crippen LogP contribution in [0.25, 0.3) is 0 Å². The first-order chi connectivity index (χ1) is 4.77. The fourth-order valence-electron chi connectivity index (χ4n) is 0.725. The second-order valence-corrected chi connectivity index (χ2v) is 4.98. The van der Waals surface area contributed by atoms with Gasteiger partial charge in [0, 0.05) is 0 Å². The smallest absolute Gasteiger partial charge is 0.118 e. The van der Waals surface area contributed by atoms with Gasteiger partial charge in [-0.3, -0.25) is 0 Å². The lowest BCUT2D eigenvalue weighted by Crippen LogP contribution is -2.14. The van der Waals surface area contributed by atoms with Crippen LogP contribution in [0.2, 0.25) is 0 Å². The van der Waals surface area contributed by atoms with Crippen LogP contribution >= 0.6 is 0 Å². The van der Waals surface area contributed by atoms with Crippen LogP contribution in [0.1, 0.15) is 26.2 Å². The summed E-state index contributed by atoms with van der Waals surface area (Å²) in [7, 11) is 4.27. The molecule has 0 aliphatic heterocycles. The summed E-state index contributed by atoms with van der Waals surface area (Å²) >= 11 is 0. The molecule has 0 atom stereocenters. The van der Waals surface area contributed by atoms with Crippen molar-refractivity contribution in [3.63, 3.8) is 0 Å². The van der Waals surface area contributed by atoms with E-state index in [0.29, 0.717) is 0 Å². The molecule has 0 N–H and O–H groups in total. The average Bonchev–Trinajstić information content (AvgIpc) is 1.87. The maximum Gasteiger partial charge on any atom is 0.118 e. The monoisotopic (exact) mass is 157 g/mol. The number of hydrogen-bond donors (Lipinski definition) is 0. The quantitative estimate of drug-likeness (QED) is 0.430. The minimum atomic E-state index is -0.0291. The van der Waals surface area contributed by atoms with E-state index in [1.54, 1.807) is 0 Å². The van der Waals surface area contributed by atoms with Crippen molar-refractivity contribution in [2.24, 2.45) is 0 Å². The van der Waals surface area contributed by atoms with E-state index in [4.69, 9.17) is 0 Å². The molecule has 0 saturated heterocycles. The van der Waals surface area contributed by atoms with Crippen LogP contribution in [-0.4, -0.2) is 28.3 Å². The lowest BCUT2D eigenvalue weighted by Gasteiger charge is -2.02. The van der Waals surface area contributed by atoms with Crippen LogP contribution < -0.4 is 0 Å². The van der Waals surface area contributed by atoms with Crippen LogP contribution in [-0.2, 0) is 0 Å². The number of hydrogen-bond acceptors (Lipinski definition) is 1. The van der Waals surface area contributed by atoms with Crippen LogP contribution in [0.5, 0.6) is 0 Å². The number of rotatable bonds is 5. The molecule has 0 aromatic rings. The summed E-state index contributed by atoms with van der Waals surface area (Å²) < 4.78 is 2.31. The molecular weight excluding hydrogens is 138 g/mol. The molecule has 0 heterocycles. The van der Waals surface area contributed by atoms with Gasteiger partial charge < -0.3 is 4.57 Å². The minimum absolute atomic E-state index is 0.0291. The maximum absolute atomic E-state index is 2.37. The van der Waals surface area contributed by atoms with Gasteiger partial charge in [0.25, 0.3) is 0 Å². The molecule has 0 amide bonds. The summed E-state index contributed by atoms with van der Waals surface area (Å²) in [5.74, 6) is 0. The Morgan fingerprint density at radius 1 is 1.40 bits per heavy atom. The van der Waals surface area contributed by atoms with Crippen molar-refractivity contribution >= 4 is 9.68 Å². The molecule has 0 fully saturated rings. The fraction of sp³-hybridized carbons (Fsp3) is 0.750. The normalized spacial score (nSPS) is 12.8. The molecule has 0 aliphatic carbocycles. The van der Waals surface area contributed by atoms with Crippen molar-refractivity contribution < 1.29 is 0 Å². The van der Waals surface area contributed by atoms with Gasteiger partial charge >= 0.3 is 0 Å². The summed E-state index contributed by atoms with van der Waals surface area (Å²) in [6.45, 7) is 2.23. The third-order valence-corrected chi connectivity index (χ3v) is 2.64. The van der Waals surface area contributed by atoms with Crippen molar-refractivity contribution in [1.29, 1.82) is 0 Å². The zero-order valence-corrected chi connectivity index (χ0v) is 8.84. The molecule has 10 heavy (non-hydrogen) atoms. The molecule has 1 nitrogen and oxygen atoms in total. The molecule has 2 heteroatoms. The summed E-state index contributed by atoms with van der Waals surface area (Å²) in [6.07, 6.45) is 6.26. The zero-order chi connectivity index (χ0) is 7.82. The predicted octanol–water partition coefficient (Wildman–Crippen LogP) is 1.34. The van der Waals surface area contributed by atoms with Gasteiger partial charge in [-0.25, -0.2) is 0 Å². The molecule has 0 spiro atoms. The van der Waals surface area contributed by atoms with Crippen LogP contribution in [0.4, 0.5) is 0 Å². The van der Waals surface area contributed by atoms with Crippen LogP contribution in [0, 0.1) is 0 Å². The fourth-order valence-corrected chi connectivity index (χ4v) is 1.53. The summed E-state index contributed by atoms with van der Waals surface area (Å²) in [4.78, 5) is 0. The standard InChI is InChI=1S/C8H19NSi/c1-4-5-6-7-8-10-9(2)3/h7-8H,4-6,10H2,1-3H3. The van der Waals surface area contributed by atoms with E-state index in [2.05, 4.69) is 37.4 Å².